The van der Waals surface area contributed by atoms with Crippen LogP contribution in [0.15, 0.2) is 23.2 Å². The molecule has 0 radical (unpaired) electrons. The van der Waals surface area contributed by atoms with Gasteiger partial charge in [0.25, 0.3) is 0 Å². The van der Waals surface area contributed by atoms with Crippen molar-refractivity contribution >= 4 is 22.8 Å². The number of aryl methyl sites for hydroxylation is 1. The van der Waals surface area contributed by atoms with Gasteiger partial charge < -0.3 is 4.98 Å². The van der Waals surface area contributed by atoms with Crippen LogP contribution in [-0.4, -0.2) is 16.0 Å². The number of nitrogens with zero attached hydrogens (tertiary/aromatic N) is 2. The molecule has 0 unspecified atom stereocenters. The van der Waals surface area contributed by atoms with E-state index in [0.29, 0.717) is 5.69 Å². The SMILES string of the molecule is Cc1nc2ccc(N=C=O)cc2[nH]1. The number of aromatic amines is 1. The molecule has 2 rings (SSSR count). The summed E-state index contributed by atoms with van der Waals surface area (Å²) in [7, 11) is 0. The van der Waals surface area contributed by atoms with Gasteiger partial charge in [-0.2, -0.15) is 4.99 Å². The molecule has 1 aromatic heterocycles. The van der Waals surface area contributed by atoms with E-state index in [-0.39, 0.29) is 0 Å². The Balaban J connectivity index is 2.67. The predicted molar refractivity (Wildman–Crippen MR) is 48.6 cm³/mol. The molecule has 1 aromatic carbocycles. The van der Waals surface area contributed by atoms with Gasteiger partial charge in [0.15, 0.2) is 0 Å². The highest BCUT2D eigenvalue weighted by molar-refractivity contribution is 5.79. The molecule has 13 heavy (non-hydrogen) atoms. The number of nitrogens with one attached hydrogen (secondary N) is 1. The van der Waals surface area contributed by atoms with Crippen LogP contribution in [0.5, 0.6) is 0 Å². The van der Waals surface area contributed by atoms with E-state index in [4.69, 9.17) is 0 Å². The van der Waals surface area contributed by atoms with Crippen LogP contribution < -0.4 is 0 Å². The minimum atomic E-state index is 0.589. The quantitative estimate of drug-likeness (QED) is 0.528. The number of hydrogen-bond acceptors (Lipinski definition) is 3. The average Bonchev–Trinajstić information content (AvgIpc) is 2.44. The third kappa shape index (κ3) is 1.35. The molecule has 64 valence electrons. The highest BCUT2D eigenvalue weighted by atomic mass is 16.1. The number of hydrogen-bond donors (Lipinski definition) is 1. The fourth-order valence-electron chi connectivity index (χ4n) is 1.25. The van der Waals surface area contributed by atoms with E-state index in [0.717, 1.165) is 16.9 Å². The lowest BCUT2D eigenvalue weighted by molar-refractivity contribution is 0.565. The first-order valence-corrected chi connectivity index (χ1v) is 3.84. The zero-order valence-corrected chi connectivity index (χ0v) is 7.03. The Hall–Kier alpha value is -1.93. The second-order valence-corrected chi connectivity index (χ2v) is 2.73. The fraction of sp³-hybridized carbons (Fsp3) is 0.111. The van der Waals surface area contributed by atoms with Crippen LogP contribution in [0.3, 0.4) is 0 Å². The fourth-order valence-corrected chi connectivity index (χ4v) is 1.25. The van der Waals surface area contributed by atoms with E-state index in [9.17, 15) is 4.79 Å². The van der Waals surface area contributed by atoms with Crippen LogP contribution in [0.2, 0.25) is 0 Å². The van der Waals surface area contributed by atoms with Gasteiger partial charge in [0.1, 0.15) is 5.82 Å². The molecule has 1 N–H and O–H groups in total. The zero-order chi connectivity index (χ0) is 9.26. The summed E-state index contributed by atoms with van der Waals surface area (Å²) in [6.07, 6.45) is 1.50. The molecule has 0 aliphatic heterocycles. The maximum atomic E-state index is 10.00. The van der Waals surface area contributed by atoms with Crippen molar-refractivity contribution in [1.29, 1.82) is 0 Å². The lowest BCUT2D eigenvalue weighted by Crippen LogP contribution is -1.68. The molecule has 0 saturated carbocycles. The Labute approximate surface area is 74.3 Å². The summed E-state index contributed by atoms with van der Waals surface area (Å²) in [4.78, 5) is 20.8. The van der Waals surface area contributed by atoms with Crippen LogP contribution >= 0.6 is 0 Å². The van der Waals surface area contributed by atoms with E-state index < -0.39 is 0 Å². The Morgan fingerprint density at radius 1 is 1.54 bits per heavy atom. The summed E-state index contributed by atoms with van der Waals surface area (Å²) in [5.41, 5.74) is 2.35. The van der Waals surface area contributed by atoms with Crippen LogP contribution in [-0.2, 0) is 4.79 Å². The highest BCUT2D eigenvalue weighted by Gasteiger charge is 1.99. The van der Waals surface area contributed by atoms with Gasteiger partial charge in [-0.05, 0) is 25.1 Å². The van der Waals surface area contributed by atoms with E-state index in [1.54, 1.807) is 12.1 Å². The van der Waals surface area contributed by atoms with Crippen molar-refractivity contribution in [1.82, 2.24) is 9.97 Å². The minimum absolute atomic E-state index is 0.589. The molecule has 0 atom stereocenters. The number of H-pyrrole nitrogens is 1. The summed E-state index contributed by atoms with van der Waals surface area (Å²) < 4.78 is 0. The molecule has 0 aliphatic carbocycles. The first-order valence-electron chi connectivity index (χ1n) is 3.84. The number of aliphatic imine (C=N–C) groups is 1. The Kier molecular flexibility index (Phi) is 1.69. The van der Waals surface area contributed by atoms with E-state index in [2.05, 4.69) is 15.0 Å². The maximum Gasteiger partial charge on any atom is 0.240 e. The van der Waals surface area contributed by atoms with Gasteiger partial charge >= 0.3 is 0 Å². The molecule has 0 fully saturated rings. The topological polar surface area (TPSA) is 58.1 Å². The maximum absolute atomic E-state index is 10.00. The van der Waals surface area contributed by atoms with Gasteiger partial charge in [-0.3, -0.25) is 0 Å². The van der Waals surface area contributed by atoms with Crippen molar-refractivity contribution in [3.05, 3.63) is 24.0 Å². The number of isocyanates is 1. The number of rotatable bonds is 1. The van der Waals surface area contributed by atoms with Crippen molar-refractivity contribution in [3.8, 4) is 0 Å². The Bertz CT molecular complexity index is 495. The zero-order valence-electron chi connectivity index (χ0n) is 7.03. The van der Waals surface area contributed by atoms with Gasteiger partial charge in [-0.25, -0.2) is 9.78 Å². The number of fused-ring (bicyclic) bond motifs is 1. The van der Waals surface area contributed by atoms with Gasteiger partial charge in [-0.1, -0.05) is 0 Å². The molecular weight excluding hydrogens is 166 g/mol. The molecule has 1 heterocycles. The van der Waals surface area contributed by atoms with Crippen LogP contribution in [0.4, 0.5) is 5.69 Å². The van der Waals surface area contributed by atoms with Gasteiger partial charge in [0.05, 0.1) is 16.7 Å². The average molecular weight is 173 g/mol. The molecule has 0 bridgehead atoms. The summed E-state index contributed by atoms with van der Waals surface area (Å²) in [5.74, 6) is 0.849. The number of aromatic nitrogens is 2. The van der Waals surface area contributed by atoms with Crippen molar-refractivity contribution in [2.24, 2.45) is 4.99 Å². The Morgan fingerprint density at radius 2 is 2.38 bits per heavy atom. The van der Waals surface area contributed by atoms with E-state index >= 15 is 0 Å². The number of imidazole rings is 1. The Morgan fingerprint density at radius 3 is 3.15 bits per heavy atom. The normalized spacial score (nSPS) is 9.92. The molecular formula is C9H7N3O. The second-order valence-electron chi connectivity index (χ2n) is 2.73. The van der Waals surface area contributed by atoms with Crippen LogP contribution in [0.25, 0.3) is 11.0 Å². The summed E-state index contributed by atoms with van der Waals surface area (Å²) in [6.45, 7) is 1.88. The van der Waals surface area contributed by atoms with Crippen molar-refractivity contribution in [2.75, 3.05) is 0 Å². The van der Waals surface area contributed by atoms with Crippen molar-refractivity contribution in [3.63, 3.8) is 0 Å². The van der Waals surface area contributed by atoms with Gasteiger partial charge in [0, 0.05) is 0 Å². The lowest BCUT2D eigenvalue weighted by Gasteiger charge is -1.89. The standard InChI is InChI=1S/C9H7N3O/c1-6-11-8-3-2-7(10-5-13)4-9(8)12-6/h2-4H,1H3,(H,11,12). The second kappa shape index (κ2) is 2.84. The third-order valence-corrected chi connectivity index (χ3v) is 1.76. The first-order chi connectivity index (χ1) is 6.29. The largest absolute Gasteiger partial charge is 0.342 e. The monoisotopic (exact) mass is 173 g/mol. The molecule has 2 aromatic rings. The minimum Gasteiger partial charge on any atom is -0.342 e. The highest BCUT2D eigenvalue weighted by Crippen LogP contribution is 2.18. The van der Waals surface area contributed by atoms with Crippen LogP contribution in [0.1, 0.15) is 5.82 Å². The summed E-state index contributed by atoms with van der Waals surface area (Å²) >= 11 is 0. The predicted octanol–water partition coefficient (Wildman–Crippen LogP) is 1.84. The van der Waals surface area contributed by atoms with E-state index in [1.165, 1.54) is 6.08 Å². The third-order valence-electron chi connectivity index (χ3n) is 1.76. The molecule has 0 amide bonds. The molecule has 0 spiro atoms. The molecule has 4 heteroatoms. The summed E-state index contributed by atoms with van der Waals surface area (Å²) in [5, 5.41) is 0. The van der Waals surface area contributed by atoms with E-state index in [1.807, 2.05) is 13.0 Å². The first kappa shape index (κ1) is 7.71. The number of carbonyl (C=O) groups excluding carboxylic acids is 1. The number of benzene rings is 1. The van der Waals surface area contributed by atoms with Crippen molar-refractivity contribution < 1.29 is 4.79 Å². The molecule has 4 nitrogen and oxygen atoms in total. The summed E-state index contributed by atoms with van der Waals surface area (Å²) in [6, 6.07) is 5.31. The van der Waals surface area contributed by atoms with Crippen LogP contribution in [0, 0.1) is 6.92 Å². The van der Waals surface area contributed by atoms with Gasteiger partial charge in [0.2, 0.25) is 6.08 Å². The van der Waals surface area contributed by atoms with Crippen molar-refractivity contribution in [2.45, 2.75) is 6.92 Å². The molecule has 0 saturated heterocycles. The molecule has 0 aliphatic rings. The van der Waals surface area contributed by atoms with Gasteiger partial charge in [-0.15, -0.1) is 0 Å². The lowest BCUT2D eigenvalue weighted by atomic mass is 10.3. The smallest absolute Gasteiger partial charge is 0.240 e.